The molecular formula is C23H50NO+. The molecule has 0 N–H and O–H groups in total. The third-order valence-corrected chi connectivity index (χ3v) is 5.26. The van der Waals surface area contributed by atoms with Crippen molar-refractivity contribution in [1.82, 2.24) is 0 Å². The van der Waals surface area contributed by atoms with E-state index >= 15 is 0 Å². The quantitative estimate of drug-likeness (QED) is 0.126. The largest absolute Gasteiger partial charge is 0.332 e. The van der Waals surface area contributed by atoms with Crippen molar-refractivity contribution in [3.05, 3.63) is 0 Å². The number of unbranched alkanes of at least 4 members (excludes halogenated alkanes) is 15. The van der Waals surface area contributed by atoms with Crippen LogP contribution < -0.4 is 0 Å². The highest BCUT2D eigenvalue weighted by atomic mass is 16.5. The zero-order chi connectivity index (χ0) is 18.6. The Bertz CT molecular complexity index is 252. The first kappa shape index (κ1) is 24.9. The van der Waals surface area contributed by atoms with E-state index in [0.29, 0.717) is 0 Å². The van der Waals surface area contributed by atoms with Gasteiger partial charge in [-0.15, -0.1) is 0 Å². The van der Waals surface area contributed by atoms with Crippen LogP contribution in [0.1, 0.15) is 117 Å². The predicted molar refractivity (Wildman–Crippen MR) is 113 cm³/mol. The number of ether oxygens (including phenoxy) is 1. The highest BCUT2D eigenvalue weighted by Gasteiger charge is 2.13. The number of hydrogen-bond acceptors (Lipinski definition) is 1. The summed E-state index contributed by atoms with van der Waals surface area (Å²) in [6.07, 6.45) is 23.1. The van der Waals surface area contributed by atoms with Crippen LogP contribution >= 0.6 is 0 Å². The van der Waals surface area contributed by atoms with Gasteiger partial charge in [-0.05, 0) is 19.8 Å². The van der Waals surface area contributed by atoms with E-state index in [2.05, 4.69) is 27.9 Å². The summed E-state index contributed by atoms with van der Waals surface area (Å²) in [7, 11) is 4.56. The molecule has 0 unspecified atom stereocenters. The third-order valence-electron chi connectivity index (χ3n) is 5.26. The summed E-state index contributed by atoms with van der Waals surface area (Å²) >= 11 is 0. The molecule has 0 aromatic heterocycles. The Morgan fingerprint density at radius 2 is 0.880 bits per heavy atom. The van der Waals surface area contributed by atoms with Crippen LogP contribution in [0.4, 0.5) is 0 Å². The summed E-state index contributed by atoms with van der Waals surface area (Å²) in [4.78, 5) is 0. The van der Waals surface area contributed by atoms with Crippen LogP contribution in [0.25, 0.3) is 0 Å². The van der Waals surface area contributed by atoms with Crippen molar-refractivity contribution in [3.63, 3.8) is 0 Å². The lowest BCUT2D eigenvalue weighted by atomic mass is 10.0. The maximum atomic E-state index is 5.55. The maximum absolute atomic E-state index is 5.55. The molecule has 0 amide bonds. The minimum atomic E-state index is 0.834. The molecule has 25 heavy (non-hydrogen) atoms. The lowest BCUT2D eigenvalue weighted by Gasteiger charge is -2.29. The number of nitrogens with zero attached hydrogens (tertiary/aromatic N) is 1. The molecule has 0 aromatic rings. The summed E-state index contributed by atoms with van der Waals surface area (Å²) in [6, 6.07) is 0. The maximum Gasteiger partial charge on any atom is 0.182 e. The summed E-state index contributed by atoms with van der Waals surface area (Å²) in [5, 5.41) is 0. The molecule has 0 atom stereocenters. The Kier molecular flexibility index (Phi) is 18.6. The van der Waals surface area contributed by atoms with Gasteiger partial charge < -0.3 is 9.22 Å². The molecule has 0 saturated heterocycles. The minimum Gasteiger partial charge on any atom is -0.332 e. The standard InChI is InChI=1S/C23H50NO/c1-5-7-8-9-10-11-12-13-14-15-16-17-18-19-20-21-22-24(3,4)23-25-6-2/h5-23H2,1-4H3/q+1. The summed E-state index contributed by atoms with van der Waals surface area (Å²) in [5.41, 5.74) is 0. The van der Waals surface area contributed by atoms with E-state index in [9.17, 15) is 0 Å². The van der Waals surface area contributed by atoms with Crippen LogP contribution in [0.3, 0.4) is 0 Å². The smallest absolute Gasteiger partial charge is 0.182 e. The van der Waals surface area contributed by atoms with Crippen LogP contribution in [0.15, 0.2) is 0 Å². The Morgan fingerprint density at radius 1 is 0.520 bits per heavy atom. The van der Waals surface area contributed by atoms with Gasteiger partial charge in [-0.25, -0.2) is 0 Å². The van der Waals surface area contributed by atoms with Crippen LogP contribution in [0.2, 0.25) is 0 Å². The van der Waals surface area contributed by atoms with Gasteiger partial charge in [-0.2, -0.15) is 0 Å². The lowest BCUT2D eigenvalue weighted by molar-refractivity contribution is -0.909. The van der Waals surface area contributed by atoms with Crippen molar-refractivity contribution in [2.24, 2.45) is 0 Å². The SMILES string of the molecule is CCCCCCCCCCCCCCCCCC[N+](C)(C)COCC. The Balaban J connectivity index is 3.14. The fourth-order valence-corrected chi connectivity index (χ4v) is 3.49. The van der Waals surface area contributed by atoms with E-state index in [4.69, 9.17) is 4.74 Å². The molecule has 152 valence electrons. The van der Waals surface area contributed by atoms with Gasteiger partial charge in [0.25, 0.3) is 0 Å². The molecule has 0 spiro atoms. The number of hydrogen-bond donors (Lipinski definition) is 0. The van der Waals surface area contributed by atoms with Crippen molar-refractivity contribution in [2.75, 3.05) is 34.0 Å². The molecule has 0 saturated carbocycles. The van der Waals surface area contributed by atoms with Gasteiger partial charge in [-0.1, -0.05) is 96.8 Å². The molecule has 0 heterocycles. The van der Waals surface area contributed by atoms with E-state index in [0.717, 1.165) is 17.8 Å². The Hall–Kier alpha value is -0.0800. The van der Waals surface area contributed by atoms with Gasteiger partial charge in [0.15, 0.2) is 6.73 Å². The second kappa shape index (κ2) is 18.7. The normalized spacial score (nSPS) is 12.0. The van der Waals surface area contributed by atoms with Gasteiger partial charge in [-0.3, -0.25) is 0 Å². The molecule has 0 aliphatic heterocycles. The fraction of sp³-hybridized carbons (Fsp3) is 1.00. The van der Waals surface area contributed by atoms with E-state index in [1.54, 1.807) is 0 Å². The predicted octanol–water partition coefficient (Wildman–Crippen LogP) is 7.32. The monoisotopic (exact) mass is 356 g/mol. The van der Waals surface area contributed by atoms with Crippen LogP contribution in [0.5, 0.6) is 0 Å². The number of quaternary nitrogens is 1. The summed E-state index contributed by atoms with van der Waals surface area (Å²) in [5.74, 6) is 0. The molecule has 2 heteroatoms. The number of rotatable bonds is 20. The molecular weight excluding hydrogens is 306 g/mol. The molecule has 0 aromatic carbocycles. The average molecular weight is 357 g/mol. The van der Waals surface area contributed by atoms with Crippen LogP contribution in [0, 0.1) is 0 Å². The fourth-order valence-electron chi connectivity index (χ4n) is 3.49. The Morgan fingerprint density at radius 3 is 1.24 bits per heavy atom. The third kappa shape index (κ3) is 20.1. The highest BCUT2D eigenvalue weighted by molar-refractivity contribution is 4.50. The molecule has 0 aliphatic rings. The first-order valence-corrected chi connectivity index (χ1v) is 11.5. The second-order valence-corrected chi connectivity index (χ2v) is 8.58. The van der Waals surface area contributed by atoms with Crippen molar-refractivity contribution in [1.29, 1.82) is 0 Å². The van der Waals surface area contributed by atoms with Gasteiger partial charge >= 0.3 is 0 Å². The molecule has 0 bridgehead atoms. The lowest BCUT2D eigenvalue weighted by Crippen LogP contribution is -2.42. The van der Waals surface area contributed by atoms with Crippen molar-refractivity contribution in [3.8, 4) is 0 Å². The molecule has 0 rings (SSSR count). The van der Waals surface area contributed by atoms with E-state index in [1.807, 2.05) is 0 Å². The molecule has 2 nitrogen and oxygen atoms in total. The molecule has 0 radical (unpaired) electrons. The summed E-state index contributed by atoms with van der Waals surface area (Å²) < 4.78 is 6.56. The van der Waals surface area contributed by atoms with Crippen molar-refractivity contribution >= 4 is 0 Å². The van der Waals surface area contributed by atoms with E-state index in [1.165, 1.54) is 109 Å². The zero-order valence-electron chi connectivity index (χ0n) is 18.3. The van der Waals surface area contributed by atoms with Gasteiger partial charge in [0.1, 0.15) is 0 Å². The van der Waals surface area contributed by atoms with Crippen molar-refractivity contribution in [2.45, 2.75) is 117 Å². The average Bonchev–Trinajstić information content (AvgIpc) is 2.59. The van der Waals surface area contributed by atoms with Gasteiger partial charge in [0.2, 0.25) is 0 Å². The topological polar surface area (TPSA) is 9.23 Å². The van der Waals surface area contributed by atoms with Crippen LogP contribution in [-0.4, -0.2) is 38.5 Å². The Labute approximate surface area is 160 Å². The van der Waals surface area contributed by atoms with Gasteiger partial charge in [0.05, 0.1) is 20.6 Å². The first-order chi connectivity index (χ1) is 12.1. The molecule has 0 fully saturated rings. The molecule has 0 aliphatic carbocycles. The van der Waals surface area contributed by atoms with E-state index < -0.39 is 0 Å². The minimum absolute atomic E-state index is 0.834. The van der Waals surface area contributed by atoms with E-state index in [-0.39, 0.29) is 0 Å². The van der Waals surface area contributed by atoms with Gasteiger partial charge in [0, 0.05) is 6.61 Å². The second-order valence-electron chi connectivity index (χ2n) is 8.58. The zero-order valence-corrected chi connectivity index (χ0v) is 18.3. The highest BCUT2D eigenvalue weighted by Crippen LogP contribution is 2.14. The van der Waals surface area contributed by atoms with Crippen molar-refractivity contribution < 1.29 is 9.22 Å². The summed E-state index contributed by atoms with van der Waals surface area (Å²) in [6.45, 7) is 7.31. The van der Waals surface area contributed by atoms with Crippen LogP contribution in [-0.2, 0) is 4.74 Å². The first-order valence-electron chi connectivity index (χ1n) is 11.5.